The summed E-state index contributed by atoms with van der Waals surface area (Å²) >= 11 is 5.84. The van der Waals surface area contributed by atoms with Gasteiger partial charge in [0.15, 0.2) is 18.1 Å². The molecule has 1 amide bonds. The summed E-state index contributed by atoms with van der Waals surface area (Å²) in [4.78, 5) is 11.7. The molecule has 2 aromatic carbocycles. The minimum atomic E-state index is -0.527. The van der Waals surface area contributed by atoms with Gasteiger partial charge >= 0.3 is 0 Å². The fourth-order valence-electron chi connectivity index (χ4n) is 1.72. The molecule has 0 bridgehead atoms. The van der Waals surface area contributed by atoms with E-state index in [4.69, 9.17) is 21.1 Å². The number of amides is 1. The van der Waals surface area contributed by atoms with E-state index in [2.05, 4.69) is 10.5 Å². The molecule has 1 N–H and O–H groups in total. The SMILES string of the molecule is COc1ccccc1OCC(=O)N/N=C\c1c(F)cccc1Cl. The Hall–Kier alpha value is -2.60. The molecule has 0 aliphatic heterocycles. The summed E-state index contributed by atoms with van der Waals surface area (Å²) in [5.41, 5.74) is 2.33. The predicted octanol–water partition coefficient (Wildman–Crippen LogP) is 3.02. The number of halogens is 2. The van der Waals surface area contributed by atoms with Gasteiger partial charge in [0, 0.05) is 5.56 Å². The quantitative estimate of drug-likeness (QED) is 0.651. The number of hydrogen-bond donors (Lipinski definition) is 1. The Balaban J connectivity index is 1.89. The van der Waals surface area contributed by atoms with Gasteiger partial charge in [0.2, 0.25) is 0 Å². The largest absolute Gasteiger partial charge is 0.493 e. The van der Waals surface area contributed by atoms with Crippen LogP contribution in [0.4, 0.5) is 4.39 Å². The molecule has 0 atom stereocenters. The van der Waals surface area contributed by atoms with Gasteiger partial charge < -0.3 is 9.47 Å². The number of rotatable bonds is 6. The Labute approximate surface area is 137 Å². The highest BCUT2D eigenvalue weighted by Gasteiger charge is 2.07. The molecule has 0 unspecified atom stereocenters. The summed E-state index contributed by atoms with van der Waals surface area (Å²) in [7, 11) is 1.50. The van der Waals surface area contributed by atoms with E-state index < -0.39 is 11.7 Å². The fraction of sp³-hybridized carbons (Fsp3) is 0.125. The predicted molar refractivity (Wildman–Crippen MR) is 85.6 cm³/mol. The minimum absolute atomic E-state index is 0.0973. The molecule has 0 aliphatic rings. The molecule has 2 aromatic rings. The zero-order valence-corrected chi connectivity index (χ0v) is 13.0. The molecule has 2 rings (SSSR count). The van der Waals surface area contributed by atoms with Crippen molar-refractivity contribution in [3.8, 4) is 11.5 Å². The number of ether oxygens (including phenoxy) is 2. The van der Waals surface area contributed by atoms with E-state index in [1.165, 1.54) is 25.3 Å². The monoisotopic (exact) mass is 336 g/mol. The minimum Gasteiger partial charge on any atom is -0.493 e. The Morgan fingerprint density at radius 1 is 1.26 bits per heavy atom. The third kappa shape index (κ3) is 4.69. The maximum Gasteiger partial charge on any atom is 0.277 e. The Morgan fingerprint density at radius 2 is 2.00 bits per heavy atom. The van der Waals surface area contributed by atoms with Crippen molar-refractivity contribution in [2.24, 2.45) is 5.10 Å². The second-order valence-corrected chi connectivity index (χ2v) is 4.78. The molecule has 0 heterocycles. The zero-order chi connectivity index (χ0) is 16.7. The topological polar surface area (TPSA) is 59.9 Å². The number of nitrogens with one attached hydrogen (secondary N) is 1. The van der Waals surface area contributed by atoms with Gasteiger partial charge in [0.25, 0.3) is 5.91 Å². The van der Waals surface area contributed by atoms with Gasteiger partial charge in [0.1, 0.15) is 5.82 Å². The summed E-state index contributed by atoms with van der Waals surface area (Å²) < 4.78 is 23.9. The Bertz CT molecular complexity index is 702. The molecule has 23 heavy (non-hydrogen) atoms. The maximum atomic E-state index is 13.5. The number of hydrazone groups is 1. The third-order valence-electron chi connectivity index (χ3n) is 2.81. The van der Waals surface area contributed by atoms with E-state index in [9.17, 15) is 9.18 Å². The first-order valence-electron chi connectivity index (χ1n) is 6.63. The summed E-state index contributed by atoms with van der Waals surface area (Å²) in [6.45, 7) is -0.261. The molecular weight excluding hydrogens is 323 g/mol. The highest BCUT2D eigenvalue weighted by Crippen LogP contribution is 2.25. The van der Waals surface area contributed by atoms with E-state index >= 15 is 0 Å². The molecule has 120 valence electrons. The molecule has 0 fully saturated rings. The van der Waals surface area contributed by atoms with Gasteiger partial charge in [0.05, 0.1) is 18.3 Å². The van der Waals surface area contributed by atoms with Crippen molar-refractivity contribution in [1.29, 1.82) is 0 Å². The summed E-state index contributed by atoms with van der Waals surface area (Å²) in [6, 6.07) is 11.2. The number of para-hydroxylation sites is 2. The van der Waals surface area contributed by atoms with Crippen LogP contribution in [0.15, 0.2) is 47.6 Å². The molecule has 0 saturated carbocycles. The molecule has 0 saturated heterocycles. The normalized spacial score (nSPS) is 10.6. The highest BCUT2D eigenvalue weighted by molar-refractivity contribution is 6.33. The first kappa shape index (κ1) is 16.8. The molecule has 0 radical (unpaired) electrons. The first-order chi connectivity index (χ1) is 11.1. The molecule has 0 spiro atoms. The highest BCUT2D eigenvalue weighted by atomic mass is 35.5. The fourth-order valence-corrected chi connectivity index (χ4v) is 1.93. The van der Waals surface area contributed by atoms with Crippen molar-refractivity contribution < 1.29 is 18.7 Å². The zero-order valence-electron chi connectivity index (χ0n) is 12.3. The van der Waals surface area contributed by atoms with Gasteiger partial charge in [-0.1, -0.05) is 29.8 Å². The second kappa shape index (κ2) is 8.14. The third-order valence-corrected chi connectivity index (χ3v) is 3.14. The Kier molecular flexibility index (Phi) is 5.94. The van der Waals surface area contributed by atoms with Gasteiger partial charge in [-0.25, -0.2) is 9.82 Å². The molecule has 0 aromatic heterocycles. The van der Waals surface area contributed by atoms with Crippen LogP contribution in [-0.2, 0) is 4.79 Å². The lowest BCUT2D eigenvalue weighted by molar-refractivity contribution is -0.123. The number of benzene rings is 2. The van der Waals surface area contributed by atoms with Crippen molar-refractivity contribution in [3.63, 3.8) is 0 Å². The van der Waals surface area contributed by atoms with Gasteiger partial charge in [-0.05, 0) is 24.3 Å². The lowest BCUT2D eigenvalue weighted by atomic mass is 10.2. The maximum absolute atomic E-state index is 13.5. The smallest absolute Gasteiger partial charge is 0.277 e. The number of carbonyl (C=O) groups excluding carboxylic acids is 1. The molecule has 5 nitrogen and oxygen atoms in total. The average molecular weight is 337 g/mol. The van der Waals surface area contributed by atoms with Crippen LogP contribution < -0.4 is 14.9 Å². The summed E-state index contributed by atoms with van der Waals surface area (Å²) in [5.74, 6) is -0.0754. The van der Waals surface area contributed by atoms with Crippen molar-refractivity contribution in [3.05, 3.63) is 58.9 Å². The van der Waals surface area contributed by atoms with Gasteiger partial charge in [-0.2, -0.15) is 5.10 Å². The standard InChI is InChI=1S/C16H14ClFN2O3/c1-22-14-7-2-3-8-15(14)23-10-16(21)20-19-9-11-12(17)5-4-6-13(11)18/h2-9H,10H2,1H3,(H,20,21)/b19-9-. The van der Waals surface area contributed by atoms with Crippen LogP contribution in [0.3, 0.4) is 0 Å². The van der Waals surface area contributed by atoms with Crippen molar-refractivity contribution in [2.75, 3.05) is 13.7 Å². The van der Waals surface area contributed by atoms with E-state index in [0.29, 0.717) is 11.5 Å². The average Bonchev–Trinajstić information content (AvgIpc) is 2.56. The molecule has 7 heteroatoms. The van der Waals surface area contributed by atoms with Crippen LogP contribution >= 0.6 is 11.6 Å². The van der Waals surface area contributed by atoms with Gasteiger partial charge in [-0.3, -0.25) is 4.79 Å². The molecular formula is C16H14ClFN2O3. The van der Waals surface area contributed by atoms with Crippen LogP contribution in [0.1, 0.15) is 5.56 Å². The van der Waals surface area contributed by atoms with Crippen molar-refractivity contribution in [1.82, 2.24) is 5.43 Å². The lowest BCUT2D eigenvalue weighted by Crippen LogP contribution is -2.24. The van der Waals surface area contributed by atoms with Crippen LogP contribution in [0.2, 0.25) is 5.02 Å². The van der Waals surface area contributed by atoms with E-state index in [0.717, 1.165) is 6.21 Å². The number of hydrogen-bond acceptors (Lipinski definition) is 4. The van der Waals surface area contributed by atoms with Crippen molar-refractivity contribution in [2.45, 2.75) is 0 Å². The van der Waals surface area contributed by atoms with E-state index in [1.54, 1.807) is 24.3 Å². The van der Waals surface area contributed by atoms with Crippen molar-refractivity contribution >= 4 is 23.7 Å². The number of carbonyl (C=O) groups is 1. The number of nitrogens with zero attached hydrogens (tertiary/aromatic N) is 1. The number of methoxy groups -OCH3 is 1. The Morgan fingerprint density at radius 3 is 2.70 bits per heavy atom. The summed E-state index contributed by atoms with van der Waals surface area (Å²) in [5, 5.41) is 3.86. The lowest BCUT2D eigenvalue weighted by Gasteiger charge is -2.09. The van der Waals surface area contributed by atoms with Crippen LogP contribution in [0.5, 0.6) is 11.5 Å². The van der Waals surface area contributed by atoms with E-state index in [-0.39, 0.29) is 17.2 Å². The first-order valence-corrected chi connectivity index (χ1v) is 7.01. The van der Waals surface area contributed by atoms with Gasteiger partial charge in [-0.15, -0.1) is 0 Å². The van der Waals surface area contributed by atoms with Crippen LogP contribution in [-0.4, -0.2) is 25.8 Å². The van der Waals surface area contributed by atoms with E-state index in [1.807, 2.05) is 0 Å². The second-order valence-electron chi connectivity index (χ2n) is 4.37. The summed E-state index contributed by atoms with van der Waals surface area (Å²) in [6.07, 6.45) is 1.14. The van der Waals surface area contributed by atoms with Crippen LogP contribution in [0, 0.1) is 5.82 Å². The van der Waals surface area contributed by atoms with Crippen LogP contribution in [0.25, 0.3) is 0 Å². The molecule has 0 aliphatic carbocycles.